The molecule has 3 heterocycles. The molecule has 1 aliphatic heterocycles. The summed E-state index contributed by atoms with van der Waals surface area (Å²) in [5.41, 5.74) is 11.2. The fourth-order valence-electron chi connectivity index (χ4n) is 3.14. The van der Waals surface area contributed by atoms with Crippen LogP contribution in [0.25, 0.3) is 16.8 Å². The van der Waals surface area contributed by atoms with E-state index in [0.717, 1.165) is 54.5 Å². The molecule has 3 aromatic rings. The van der Waals surface area contributed by atoms with Crippen molar-refractivity contribution >= 4 is 36.1 Å². The number of aromatic nitrogens is 3. The first-order valence-corrected chi connectivity index (χ1v) is 8.23. The van der Waals surface area contributed by atoms with Gasteiger partial charge in [0, 0.05) is 25.2 Å². The van der Waals surface area contributed by atoms with E-state index in [0.29, 0.717) is 6.54 Å². The molecule has 2 N–H and O–H groups in total. The molecule has 0 spiro atoms. The first-order chi connectivity index (χ1) is 11.8. The second-order valence-electron chi connectivity index (χ2n) is 6.05. The Hall–Kier alpha value is -1.86. The second-order valence-corrected chi connectivity index (χ2v) is 6.05. The maximum absolute atomic E-state index is 5.79. The number of benzene rings is 1. The molecule has 0 bridgehead atoms. The number of halogens is 2. The van der Waals surface area contributed by atoms with Gasteiger partial charge in [-0.2, -0.15) is 5.10 Å². The second kappa shape index (κ2) is 8.68. The van der Waals surface area contributed by atoms with Crippen molar-refractivity contribution in [3.8, 4) is 11.3 Å². The number of aryl methyl sites for hydroxylation is 1. The van der Waals surface area contributed by atoms with E-state index in [2.05, 4.69) is 35.1 Å². The molecule has 140 valence electrons. The van der Waals surface area contributed by atoms with Crippen LogP contribution >= 0.6 is 24.8 Å². The van der Waals surface area contributed by atoms with Crippen molar-refractivity contribution in [3.63, 3.8) is 0 Å². The summed E-state index contributed by atoms with van der Waals surface area (Å²) in [6.07, 6.45) is 3.80. The quantitative estimate of drug-likeness (QED) is 0.738. The van der Waals surface area contributed by atoms with Crippen LogP contribution in [0.1, 0.15) is 11.1 Å². The van der Waals surface area contributed by atoms with Gasteiger partial charge < -0.3 is 15.4 Å². The van der Waals surface area contributed by atoms with Crippen molar-refractivity contribution in [2.45, 2.75) is 13.5 Å². The first kappa shape index (κ1) is 20.5. The van der Waals surface area contributed by atoms with E-state index in [1.165, 1.54) is 5.56 Å². The van der Waals surface area contributed by atoms with Crippen molar-refractivity contribution in [1.29, 1.82) is 0 Å². The van der Waals surface area contributed by atoms with Crippen molar-refractivity contribution in [3.05, 3.63) is 47.8 Å². The van der Waals surface area contributed by atoms with Crippen molar-refractivity contribution in [2.75, 3.05) is 31.2 Å². The molecule has 8 heteroatoms. The van der Waals surface area contributed by atoms with Crippen molar-refractivity contribution in [1.82, 2.24) is 14.6 Å². The molecule has 1 aromatic carbocycles. The molecule has 26 heavy (non-hydrogen) atoms. The van der Waals surface area contributed by atoms with Gasteiger partial charge in [0.2, 0.25) is 0 Å². The Bertz CT molecular complexity index is 877. The Labute approximate surface area is 165 Å². The zero-order valence-electron chi connectivity index (χ0n) is 14.6. The highest BCUT2D eigenvalue weighted by Gasteiger charge is 2.16. The molecule has 0 atom stereocenters. The monoisotopic (exact) mass is 395 g/mol. The lowest BCUT2D eigenvalue weighted by Crippen LogP contribution is -2.37. The number of morpholine rings is 1. The lowest BCUT2D eigenvalue weighted by Gasteiger charge is -2.28. The van der Waals surface area contributed by atoms with Crippen LogP contribution in [0, 0.1) is 6.92 Å². The summed E-state index contributed by atoms with van der Waals surface area (Å²) in [7, 11) is 0. The molecule has 1 fully saturated rings. The largest absolute Gasteiger partial charge is 0.378 e. The number of nitrogens with zero attached hydrogens (tertiary/aromatic N) is 4. The average molecular weight is 396 g/mol. The smallest absolute Gasteiger partial charge is 0.148 e. The van der Waals surface area contributed by atoms with Crippen LogP contribution in [0.15, 0.2) is 36.7 Å². The van der Waals surface area contributed by atoms with Crippen LogP contribution in [-0.4, -0.2) is 40.9 Å². The van der Waals surface area contributed by atoms with Gasteiger partial charge in [-0.25, -0.2) is 9.50 Å². The first-order valence-electron chi connectivity index (χ1n) is 8.23. The molecule has 4 rings (SSSR count). The fourth-order valence-corrected chi connectivity index (χ4v) is 3.14. The van der Waals surface area contributed by atoms with E-state index >= 15 is 0 Å². The highest BCUT2D eigenvalue weighted by atomic mass is 35.5. The Morgan fingerprint density at radius 1 is 1.15 bits per heavy atom. The third-order valence-corrected chi connectivity index (χ3v) is 4.55. The summed E-state index contributed by atoms with van der Waals surface area (Å²) in [5.74, 6) is 0.935. The van der Waals surface area contributed by atoms with Gasteiger partial charge in [0.05, 0.1) is 36.8 Å². The Balaban J connectivity index is 0.00000121. The summed E-state index contributed by atoms with van der Waals surface area (Å²) in [6.45, 7) is 5.81. The van der Waals surface area contributed by atoms with Crippen LogP contribution in [0.5, 0.6) is 0 Å². The molecular weight excluding hydrogens is 373 g/mol. The van der Waals surface area contributed by atoms with Crippen LogP contribution in [0.2, 0.25) is 0 Å². The van der Waals surface area contributed by atoms with E-state index < -0.39 is 0 Å². The normalized spacial score (nSPS) is 14.0. The average Bonchev–Trinajstić information content (AvgIpc) is 3.10. The number of ether oxygens (including phenoxy) is 1. The summed E-state index contributed by atoms with van der Waals surface area (Å²) >= 11 is 0. The van der Waals surface area contributed by atoms with E-state index in [1.54, 1.807) is 0 Å². The minimum absolute atomic E-state index is 0. The van der Waals surface area contributed by atoms with Gasteiger partial charge in [-0.15, -0.1) is 24.8 Å². The predicted molar refractivity (Wildman–Crippen MR) is 109 cm³/mol. The zero-order chi connectivity index (χ0) is 16.5. The van der Waals surface area contributed by atoms with E-state index in [4.69, 9.17) is 15.5 Å². The molecule has 1 saturated heterocycles. The third kappa shape index (κ3) is 3.78. The predicted octanol–water partition coefficient (Wildman–Crippen LogP) is 2.84. The van der Waals surface area contributed by atoms with E-state index in [1.807, 2.05) is 23.0 Å². The van der Waals surface area contributed by atoms with Crippen LogP contribution < -0.4 is 10.6 Å². The highest BCUT2D eigenvalue weighted by Crippen LogP contribution is 2.27. The number of anilines is 1. The minimum Gasteiger partial charge on any atom is -0.378 e. The number of nitrogens with two attached hydrogens (primary N) is 1. The van der Waals surface area contributed by atoms with Crippen molar-refractivity contribution < 1.29 is 4.74 Å². The van der Waals surface area contributed by atoms with Crippen LogP contribution in [0.4, 0.5) is 5.82 Å². The molecule has 0 aliphatic carbocycles. The number of fused-ring (bicyclic) bond motifs is 1. The number of hydrogen-bond acceptors (Lipinski definition) is 5. The van der Waals surface area contributed by atoms with Crippen molar-refractivity contribution in [2.24, 2.45) is 5.73 Å². The molecule has 0 unspecified atom stereocenters. The summed E-state index contributed by atoms with van der Waals surface area (Å²) in [4.78, 5) is 7.19. The van der Waals surface area contributed by atoms with Gasteiger partial charge in [-0.05, 0) is 30.2 Å². The molecule has 6 nitrogen and oxygen atoms in total. The molecule has 1 aliphatic rings. The van der Waals surface area contributed by atoms with Crippen LogP contribution in [-0.2, 0) is 11.3 Å². The molecular formula is C18H23Cl2N5O. The van der Waals surface area contributed by atoms with E-state index in [-0.39, 0.29) is 24.8 Å². The van der Waals surface area contributed by atoms with E-state index in [9.17, 15) is 0 Å². The Kier molecular flexibility index (Phi) is 6.83. The van der Waals surface area contributed by atoms with Gasteiger partial charge in [0.15, 0.2) is 0 Å². The maximum Gasteiger partial charge on any atom is 0.148 e. The SMILES string of the molecule is Cc1cc(-c2nc(N3CCOCC3)cn3nccc23)ccc1CN.Cl.Cl. The summed E-state index contributed by atoms with van der Waals surface area (Å²) in [5, 5.41) is 4.42. The molecule has 0 radical (unpaired) electrons. The topological polar surface area (TPSA) is 68.7 Å². The van der Waals surface area contributed by atoms with Gasteiger partial charge in [-0.1, -0.05) is 12.1 Å². The fraction of sp³-hybridized carbons (Fsp3) is 0.333. The van der Waals surface area contributed by atoms with Gasteiger partial charge in [0.1, 0.15) is 5.82 Å². The lowest BCUT2D eigenvalue weighted by molar-refractivity contribution is 0.122. The maximum atomic E-state index is 5.79. The zero-order valence-corrected chi connectivity index (χ0v) is 16.2. The molecule has 2 aromatic heterocycles. The van der Waals surface area contributed by atoms with Gasteiger partial charge >= 0.3 is 0 Å². The third-order valence-electron chi connectivity index (χ3n) is 4.55. The number of hydrogen-bond donors (Lipinski definition) is 1. The molecule has 0 amide bonds. The highest BCUT2D eigenvalue weighted by molar-refractivity contribution is 5.85. The standard InChI is InChI=1S/C18H21N5O.2ClH/c1-13-10-14(2-3-15(13)11-19)18-16-4-5-20-23(16)12-17(21-18)22-6-8-24-9-7-22;;/h2-5,10,12H,6-9,11,19H2,1H3;2*1H. The Morgan fingerprint density at radius 2 is 1.92 bits per heavy atom. The van der Waals surface area contributed by atoms with Gasteiger partial charge in [0.25, 0.3) is 0 Å². The minimum atomic E-state index is 0. The van der Waals surface area contributed by atoms with Gasteiger partial charge in [-0.3, -0.25) is 0 Å². The summed E-state index contributed by atoms with van der Waals surface area (Å²) < 4.78 is 7.35. The number of rotatable bonds is 3. The van der Waals surface area contributed by atoms with Crippen LogP contribution in [0.3, 0.4) is 0 Å². The molecule has 0 saturated carbocycles. The summed E-state index contributed by atoms with van der Waals surface area (Å²) in [6, 6.07) is 8.33. The lowest BCUT2D eigenvalue weighted by atomic mass is 10.0. The Morgan fingerprint density at radius 3 is 2.62 bits per heavy atom.